The number of cyclic esters (lactones) is 1. The predicted molar refractivity (Wildman–Crippen MR) is 300 cm³/mol. The molecule has 0 saturated carbocycles. The minimum absolute atomic E-state index is 0.000835. The quantitative estimate of drug-likeness (QED) is 0.0142. The number of esters is 1. The van der Waals surface area contributed by atoms with E-state index in [0.29, 0.717) is 40.7 Å². The average molecular weight is 1230 g/mol. The van der Waals surface area contributed by atoms with Crippen LogP contribution in [-0.2, 0) is 102 Å². The summed E-state index contributed by atoms with van der Waals surface area (Å²) in [6, 6.07) is 0.692. The number of hydrogen-bond acceptors (Lipinski definition) is 19. The van der Waals surface area contributed by atoms with Crippen molar-refractivity contribution in [3.63, 3.8) is 0 Å². The third kappa shape index (κ3) is 15.7. The number of alkyl halides is 1. The molecule has 8 N–H and O–H groups in total. The molecule has 3 aromatic rings. The van der Waals surface area contributed by atoms with E-state index in [4.69, 9.17) is 28.7 Å². The van der Waals surface area contributed by atoms with E-state index in [1.807, 2.05) is 0 Å². The Morgan fingerprint density at radius 1 is 0.727 bits per heavy atom. The summed E-state index contributed by atoms with van der Waals surface area (Å²) in [6.07, 6.45) is 0.753. The van der Waals surface area contributed by atoms with Crippen molar-refractivity contribution in [1.82, 2.24) is 56.6 Å². The monoisotopic (exact) mass is 1230 g/mol. The zero-order chi connectivity index (χ0) is 63.2. The summed E-state index contributed by atoms with van der Waals surface area (Å²) in [7, 11) is 0. The Morgan fingerprint density at radius 3 is 1.91 bits per heavy atom. The lowest BCUT2D eigenvalue weighted by Gasteiger charge is -2.32. The van der Waals surface area contributed by atoms with Gasteiger partial charge in [-0.3, -0.25) is 57.6 Å². The highest BCUT2D eigenvalue weighted by atomic mass is 19.1. The van der Waals surface area contributed by atoms with E-state index in [1.165, 1.54) is 16.7 Å². The molecule has 0 unspecified atom stereocenters. The van der Waals surface area contributed by atoms with Crippen LogP contribution in [0.4, 0.5) is 8.78 Å². The van der Waals surface area contributed by atoms with E-state index in [-0.39, 0.29) is 139 Å². The van der Waals surface area contributed by atoms with Crippen molar-refractivity contribution in [2.24, 2.45) is 0 Å². The molecular formula is C57H69F2N11O18. The van der Waals surface area contributed by atoms with Crippen LogP contribution < -0.4 is 42.8 Å². The zero-order valence-corrected chi connectivity index (χ0v) is 48.4. The molecule has 10 amide bonds. The van der Waals surface area contributed by atoms with Crippen molar-refractivity contribution >= 4 is 75.9 Å². The maximum Gasteiger partial charge on any atom is 0.343 e. The number of carbonyl (C=O) groups excluding carboxylic acids is 11. The molecule has 6 heterocycles. The average Bonchev–Trinajstić information content (AvgIpc) is 1.46. The van der Waals surface area contributed by atoms with E-state index in [1.54, 1.807) is 13.8 Å². The Kier molecular flexibility index (Phi) is 22.1. The summed E-state index contributed by atoms with van der Waals surface area (Å²) < 4.78 is 58.8. The molecule has 1 fully saturated rings. The van der Waals surface area contributed by atoms with Gasteiger partial charge in [0.25, 0.3) is 17.4 Å². The van der Waals surface area contributed by atoms with E-state index in [9.17, 15) is 62.6 Å². The van der Waals surface area contributed by atoms with Crippen LogP contribution in [0.25, 0.3) is 22.3 Å². The van der Waals surface area contributed by atoms with E-state index >= 15 is 8.78 Å². The second-order valence-corrected chi connectivity index (χ2v) is 21.2. The molecule has 88 heavy (non-hydrogen) atoms. The number of imide groups is 1. The molecule has 474 valence electrons. The fourth-order valence-corrected chi connectivity index (χ4v) is 10.7. The van der Waals surface area contributed by atoms with Gasteiger partial charge in [-0.2, -0.15) is 0 Å². The molecule has 8 rings (SSSR count). The number of aromatic nitrogens is 2. The van der Waals surface area contributed by atoms with Gasteiger partial charge in [-0.25, -0.2) is 18.6 Å². The zero-order valence-electron chi connectivity index (χ0n) is 48.4. The maximum absolute atomic E-state index is 15.5. The molecule has 5 aliphatic rings. The largest absolute Gasteiger partial charge is 0.458 e. The molecule has 4 aliphatic heterocycles. The first-order valence-electron chi connectivity index (χ1n) is 28.7. The second-order valence-electron chi connectivity index (χ2n) is 21.2. The fraction of sp³-hybridized carbons (Fsp3) is 0.526. The molecule has 29 nitrogen and oxygen atoms in total. The second kappa shape index (κ2) is 29.8. The van der Waals surface area contributed by atoms with Crippen LogP contribution in [0.15, 0.2) is 29.1 Å². The Morgan fingerprint density at radius 2 is 1.30 bits per heavy atom. The lowest BCUT2D eigenvalue weighted by molar-refractivity contribution is -0.172. The number of hydrogen-bond donors (Lipinski definition) is 8. The number of aliphatic hydroxyl groups is 1. The minimum atomic E-state index is -2.10. The van der Waals surface area contributed by atoms with Gasteiger partial charge in [-0.15, -0.1) is 0 Å². The van der Waals surface area contributed by atoms with Crippen LogP contribution in [0, 0.1) is 12.7 Å². The first-order chi connectivity index (χ1) is 42.2. The van der Waals surface area contributed by atoms with Crippen molar-refractivity contribution in [3.8, 4) is 11.4 Å². The van der Waals surface area contributed by atoms with Gasteiger partial charge in [0, 0.05) is 67.1 Å². The van der Waals surface area contributed by atoms with Gasteiger partial charge >= 0.3 is 5.97 Å². The summed E-state index contributed by atoms with van der Waals surface area (Å²) in [4.78, 5) is 158. The topological polar surface area (TPSA) is 380 Å². The fourth-order valence-electron chi connectivity index (χ4n) is 10.7. The molecule has 0 spiro atoms. The Bertz CT molecular complexity index is 3340. The SMILES string of the molecule is CC[C@]1(O)C(=O)OCc2c1cc1n(c2=O)Cc2c-1nc1cc(F)c(C)c3c1c2[C@H](NC(=O)[C@@H]1C[C@@H](F)CN1C(=O)CNC(=O)CNC(=O)CNC(=O)CNC(=O)CNC(=O)CCOCCOCCOCCOCCNC(=O)CCN1C(=O)C=CC1=O)CC3. The lowest BCUT2D eigenvalue weighted by Crippen LogP contribution is -2.50. The van der Waals surface area contributed by atoms with Gasteiger partial charge in [0.1, 0.15) is 24.6 Å². The number of nitrogens with one attached hydrogen (secondary N) is 7. The molecule has 1 saturated heterocycles. The highest BCUT2D eigenvalue weighted by Gasteiger charge is 2.47. The smallest absolute Gasteiger partial charge is 0.343 e. The van der Waals surface area contributed by atoms with Gasteiger partial charge in [0.05, 0.1) is 127 Å². The van der Waals surface area contributed by atoms with Crippen molar-refractivity contribution in [2.45, 2.75) is 89.4 Å². The Labute approximate surface area is 501 Å². The first-order valence-corrected chi connectivity index (χ1v) is 28.7. The third-order valence-electron chi connectivity index (χ3n) is 15.4. The van der Waals surface area contributed by atoms with Crippen LogP contribution in [0.2, 0.25) is 0 Å². The number of amides is 10. The molecule has 2 aromatic heterocycles. The Balaban J connectivity index is 0.672. The highest BCUT2D eigenvalue weighted by molar-refractivity contribution is 6.13. The minimum Gasteiger partial charge on any atom is -0.458 e. The molecule has 0 radical (unpaired) electrons. The number of ether oxygens (including phenoxy) is 5. The van der Waals surface area contributed by atoms with Gasteiger partial charge in [0.15, 0.2) is 5.60 Å². The molecule has 31 heteroatoms. The summed E-state index contributed by atoms with van der Waals surface area (Å²) in [6.45, 7) is 1.56. The number of fused-ring (bicyclic) bond motifs is 5. The van der Waals surface area contributed by atoms with Gasteiger partial charge in [0.2, 0.25) is 47.3 Å². The number of carbonyl (C=O) groups is 11. The first kappa shape index (κ1) is 65.3. The summed E-state index contributed by atoms with van der Waals surface area (Å²) >= 11 is 0. The van der Waals surface area contributed by atoms with E-state index in [2.05, 4.69) is 37.2 Å². The van der Waals surface area contributed by atoms with Crippen LogP contribution in [0.1, 0.15) is 78.5 Å². The standard InChI is InChI=1S/C57H69F2N11O18/c1-3-57(83)36-21-40-53-34(29-70(40)55(81)35(36)30-88-56(57)82)52-38(5-4-33-31(2)37(59)22-39(66-53)51(33)52)67-54(80)41-20-32(58)28-69(41)50(79)27-65-47(76)26-64-46(75)25-63-45(74)24-62-44(73)23-61-43(72)9-12-84-14-16-86-18-19-87-17-15-85-13-10-60-42(71)8-11-68-48(77)6-7-49(68)78/h6-7,21-22,32,38,41,83H,3-5,8-20,23-30H2,1-2H3,(H,60,71)(H,61,72)(H,62,73)(H,63,74)(H,64,75)(H,65,76)(H,67,80)/t32-,38-,41+,57-/m1/s1. The Hall–Kier alpha value is -8.65. The van der Waals surface area contributed by atoms with Crippen molar-refractivity contribution < 1.29 is 90.3 Å². The predicted octanol–water partition coefficient (Wildman–Crippen LogP) is -2.96. The summed E-state index contributed by atoms with van der Waals surface area (Å²) in [5.41, 5.74) is 0.465. The summed E-state index contributed by atoms with van der Waals surface area (Å²) in [5, 5.41) is 29.1. The molecule has 1 aromatic carbocycles. The third-order valence-corrected chi connectivity index (χ3v) is 15.4. The van der Waals surface area contributed by atoms with Crippen LogP contribution in [0.5, 0.6) is 0 Å². The number of likely N-dealkylation sites (tertiary alicyclic amines) is 1. The van der Waals surface area contributed by atoms with Gasteiger partial charge < -0.3 is 75.5 Å². The highest BCUT2D eigenvalue weighted by Crippen LogP contribution is 2.46. The van der Waals surface area contributed by atoms with E-state index in [0.717, 1.165) is 22.0 Å². The van der Waals surface area contributed by atoms with Crippen molar-refractivity contribution in [3.05, 3.63) is 73.8 Å². The number of aryl methyl sites for hydroxylation is 1. The van der Waals surface area contributed by atoms with Gasteiger partial charge in [-0.1, -0.05) is 6.92 Å². The van der Waals surface area contributed by atoms with Crippen molar-refractivity contribution in [1.29, 1.82) is 0 Å². The van der Waals surface area contributed by atoms with Crippen LogP contribution in [-0.4, -0.2) is 207 Å². The normalized spacial score (nSPS) is 18.7. The molecular weight excluding hydrogens is 1160 g/mol. The van der Waals surface area contributed by atoms with E-state index < -0.39 is 134 Å². The number of nitrogens with zero attached hydrogens (tertiary/aromatic N) is 4. The number of rotatable bonds is 31. The lowest BCUT2D eigenvalue weighted by atomic mass is 9.81. The molecule has 4 atom stereocenters. The number of pyridine rings is 2. The number of halogens is 2. The van der Waals surface area contributed by atoms with Gasteiger partial charge in [-0.05, 0) is 48.9 Å². The van der Waals surface area contributed by atoms with Crippen LogP contribution >= 0.6 is 0 Å². The molecule has 0 bridgehead atoms. The number of benzene rings is 1. The summed E-state index contributed by atoms with van der Waals surface area (Å²) in [5.74, 6) is -7.73. The van der Waals surface area contributed by atoms with Crippen molar-refractivity contribution in [2.75, 3.05) is 105 Å². The molecule has 1 aliphatic carbocycles. The maximum atomic E-state index is 15.5. The van der Waals surface area contributed by atoms with Crippen LogP contribution in [0.3, 0.4) is 0 Å².